The van der Waals surface area contributed by atoms with Crippen molar-refractivity contribution in [3.05, 3.63) is 71.4 Å². The van der Waals surface area contributed by atoms with E-state index in [0.29, 0.717) is 5.69 Å². The van der Waals surface area contributed by atoms with Crippen molar-refractivity contribution in [1.82, 2.24) is 10.2 Å². The first-order chi connectivity index (χ1) is 11.5. The molecule has 3 aromatic rings. The Bertz CT molecular complexity index is 897. The zero-order chi connectivity index (χ0) is 17.1. The molecule has 6 nitrogen and oxygen atoms in total. The number of carbonyl (C=O) groups excluding carboxylic acids is 1. The Kier molecular flexibility index (Phi) is 4.11. The molecule has 120 valence electrons. The van der Waals surface area contributed by atoms with Crippen molar-refractivity contribution in [1.29, 1.82) is 0 Å². The van der Waals surface area contributed by atoms with Gasteiger partial charge in [0.25, 0.3) is 0 Å². The molecule has 1 heterocycles. The molecular formula is C18H14N2O4. The van der Waals surface area contributed by atoms with Gasteiger partial charge in [-0.15, -0.1) is 0 Å². The first kappa shape index (κ1) is 15.5. The molecule has 0 aliphatic carbocycles. The number of rotatable bonds is 4. The number of aryl methyl sites for hydroxylation is 1. The van der Waals surface area contributed by atoms with Gasteiger partial charge in [-0.25, -0.2) is 9.59 Å². The topological polar surface area (TPSA) is 92.3 Å². The molecule has 1 aromatic heterocycles. The molecule has 0 spiro atoms. The number of aromatic carboxylic acids is 1. The van der Waals surface area contributed by atoms with Crippen LogP contribution in [-0.2, 0) is 0 Å². The third-order valence-corrected chi connectivity index (χ3v) is 3.44. The number of nitrogens with one attached hydrogen (secondary N) is 1. The number of esters is 1. The molecule has 0 saturated heterocycles. The van der Waals surface area contributed by atoms with Crippen molar-refractivity contribution in [3.63, 3.8) is 0 Å². The van der Waals surface area contributed by atoms with Crippen LogP contribution in [0.1, 0.15) is 26.4 Å². The highest BCUT2D eigenvalue weighted by Crippen LogP contribution is 2.20. The van der Waals surface area contributed by atoms with Crippen LogP contribution in [0.4, 0.5) is 0 Å². The van der Waals surface area contributed by atoms with Crippen molar-refractivity contribution < 1.29 is 19.4 Å². The first-order valence-corrected chi connectivity index (χ1v) is 7.21. The van der Waals surface area contributed by atoms with E-state index in [0.717, 1.165) is 11.1 Å². The highest BCUT2D eigenvalue weighted by Gasteiger charge is 2.14. The Morgan fingerprint density at radius 1 is 1.08 bits per heavy atom. The summed E-state index contributed by atoms with van der Waals surface area (Å²) in [5.41, 5.74) is 2.87. The summed E-state index contributed by atoms with van der Waals surface area (Å²) in [6.07, 6.45) is 0. The number of ether oxygens (including phenoxy) is 1. The highest BCUT2D eigenvalue weighted by molar-refractivity contribution is 5.91. The lowest BCUT2D eigenvalue weighted by atomic mass is 10.1. The summed E-state index contributed by atoms with van der Waals surface area (Å²) < 4.78 is 5.19. The number of carbonyl (C=O) groups is 2. The van der Waals surface area contributed by atoms with Gasteiger partial charge in [0.05, 0.1) is 11.3 Å². The second kappa shape index (κ2) is 6.37. The van der Waals surface area contributed by atoms with Gasteiger partial charge in [0, 0.05) is 5.56 Å². The zero-order valence-electron chi connectivity index (χ0n) is 12.8. The van der Waals surface area contributed by atoms with Crippen LogP contribution in [0.25, 0.3) is 11.3 Å². The minimum Gasteiger partial charge on any atom is -0.478 e. The maximum atomic E-state index is 12.2. The van der Waals surface area contributed by atoms with Crippen LogP contribution in [0.3, 0.4) is 0 Å². The molecule has 2 aromatic carbocycles. The number of carboxylic acid groups (broad SMARTS) is 1. The van der Waals surface area contributed by atoms with Gasteiger partial charge in [0.15, 0.2) is 0 Å². The zero-order valence-corrected chi connectivity index (χ0v) is 12.8. The van der Waals surface area contributed by atoms with Gasteiger partial charge >= 0.3 is 11.9 Å². The van der Waals surface area contributed by atoms with Crippen LogP contribution < -0.4 is 4.74 Å². The summed E-state index contributed by atoms with van der Waals surface area (Å²) in [5.74, 6) is -1.56. The van der Waals surface area contributed by atoms with E-state index < -0.39 is 11.9 Å². The van der Waals surface area contributed by atoms with Crippen molar-refractivity contribution in [2.45, 2.75) is 6.92 Å². The van der Waals surface area contributed by atoms with E-state index in [9.17, 15) is 9.59 Å². The summed E-state index contributed by atoms with van der Waals surface area (Å²) in [4.78, 5) is 23.1. The minimum atomic E-state index is -1.09. The second-order valence-corrected chi connectivity index (χ2v) is 5.26. The van der Waals surface area contributed by atoms with E-state index in [1.807, 2.05) is 31.2 Å². The Hall–Kier alpha value is -3.41. The smallest absolute Gasteiger partial charge is 0.361 e. The van der Waals surface area contributed by atoms with Crippen LogP contribution in [0.15, 0.2) is 54.6 Å². The average molecular weight is 322 g/mol. The number of H-pyrrole nitrogens is 1. The quantitative estimate of drug-likeness (QED) is 0.568. The van der Waals surface area contributed by atoms with E-state index in [4.69, 9.17) is 9.84 Å². The minimum absolute atomic E-state index is 0.0465. The van der Waals surface area contributed by atoms with Crippen LogP contribution in [-0.4, -0.2) is 27.2 Å². The Balaban J connectivity index is 1.77. The summed E-state index contributed by atoms with van der Waals surface area (Å²) >= 11 is 0. The van der Waals surface area contributed by atoms with Gasteiger partial charge in [-0.2, -0.15) is 5.10 Å². The lowest BCUT2D eigenvalue weighted by Crippen LogP contribution is -2.09. The number of aromatic amines is 1. The molecule has 0 bridgehead atoms. The summed E-state index contributed by atoms with van der Waals surface area (Å²) in [5, 5.41) is 15.7. The van der Waals surface area contributed by atoms with E-state index >= 15 is 0 Å². The van der Waals surface area contributed by atoms with Gasteiger partial charge < -0.3 is 9.84 Å². The molecule has 2 N–H and O–H groups in total. The fraction of sp³-hybridized carbons (Fsp3) is 0.0556. The van der Waals surface area contributed by atoms with Crippen LogP contribution in [0.2, 0.25) is 0 Å². The van der Waals surface area contributed by atoms with Gasteiger partial charge in [-0.3, -0.25) is 5.10 Å². The van der Waals surface area contributed by atoms with E-state index in [1.165, 1.54) is 24.3 Å². The third-order valence-electron chi connectivity index (χ3n) is 3.44. The van der Waals surface area contributed by atoms with Gasteiger partial charge in [-0.1, -0.05) is 35.9 Å². The normalized spacial score (nSPS) is 10.4. The monoisotopic (exact) mass is 322 g/mol. The predicted octanol–water partition coefficient (Wildman–Crippen LogP) is 3.30. The van der Waals surface area contributed by atoms with Gasteiger partial charge in [0.2, 0.25) is 0 Å². The number of carboxylic acids is 1. The van der Waals surface area contributed by atoms with Crippen molar-refractivity contribution >= 4 is 11.9 Å². The fourth-order valence-electron chi connectivity index (χ4n) is 2.15. The van der Waals surface area contributed by atoms with Crippen LogP contribution >= 0.6 is 0 Å². The van der Waals surface area contributed by atoms with Gasteiger partial charge in [-0.05, 0) is 31.2 Å². The lowest BCUT2D eigenvalue weighted by Gasteiger charge is -2.03. The first-order valence-electron chi connectivity index (χ1n) is 7.21. The van der Waals surface area contributed by atoms with Crippen molar-refractivity contribution in [2.24, 2.45) is 0 Å². The molecule has 0 unspecified atom stereocenters. The van der Waals surface area contributed by atoms with E-state index in [1.54, 1.807) is 6.07 Å². The molecule has 0 aliphatic rings. The van der Waals surface area contributed by atoms with E-state index in [-0.39, 0.29) is 17.0 Å². The maximum absolute atomic E-state index is 12.2. The van der Waals surface area contributed by atoms with Crippen LogP contribution in [0.5, 0.6) is 5.75 Å². The number of hydrogen-bond acceptors (Lipinski definition) is 4. The fourth-order valence-corrected chi connectivity index (χ4v) is 2.15. The SMILES string of the molecule is Cc1ccc(-c2cc(C(=O)Oc3cccc(C(=O)O)c3)[nH]n2)cc1. The molecular weight excluding hydrogens is 308 g/mol. The average Bonchev–Trinajstić information content (AvgIpc) is 3.06. The lowest BCUT2D eigenvalue weighted by molar-refractivity contribution is 0.0686. The van der Waals surface area contributed by atoms with Gasteiger partial charge in [0.1, 0.15) is 11.4 Å². The van der Waals surface area contributed by atoms with Crippen LogP contribution in [0, 0.1) is 6.92 Å². The third kappa shape index (κ3) is 3.33. The Morgan fingerprint density at radius 2 is 1.83 bits per heavy atom. The molecule has 0 radical (unpaired) electrons. The predicted molar refractivity (Wildman–Crippen MR) is 87.1 cm³/mol. The molecule has 0 amide bonds. The molecule has 0 atom stereocenters. The molecule has 3 rings (SSSR count). The Labute approximate surface area is 137 Å². The molecule has 0 aliphatic heterocycles. The summed E-state index contributed by atoms with van der Waals surface area (Å²) in [6, 6.07) is 15.1. The van der Waals surface area contributed by atoms with Crippen molar-refractivity contribution in [3.8, 4) is 17.0 Å². The molecule has 0 saturated carbocycles. The number of hydrogen-bond donors (Lipinski definition) is 2. The standard InChI is InChI=1S/C18H14N2O4/c1-11-5-7-12(8-6-11)15-10-16(20-19-15)18(23)24-14-4-2-3-13(9-14)17(21)22/h2-10H,1H3,(H,19,20)(H,21,22). The number of benzene rings is 2. The summed E-state index contributed by atoms with van der Waals surface area (Å²) in [6.45, 7) is 1.99. The maximum Gasteiger partial charge on any atom is 0.361 e. The molecule has 6 heteroatoms. The second-order valence-electron chi connectivity index (χ2n) is 5.26. The summed E-state index contributed by atoms with van der Waals surface area (Å²) in [7, 11) is 0. The van der Waals surface area contributed by atoms with Crippen molar-refractivity contribution in [2.75, 3.05) is 0 Å². The largest absolute Gasteiger partial charge is 0.478 e. The number of nitrogens with zero attached hydrogens (tertiary/aromatic N) is 1. The Morgan fingerprint density at radius 3 is 2.54 bits per heavy atom. The number of aromatic nitrogens is 2. The molecule has 0 fully saturated rings. The van der Waals surface area contributed by atoms with E-state index in [2.05, 4.69) is 10.2 Å². The highest BCUT2D eigenvalue weighted by atomic mass is 16.5. The molecule has 24 heavy (non-hydrogen) atoms.